The van der Waals surface area contributed by atoms with E-state index in [2.05, 4.69) is 46.8 Å². The Balaban J connectivity index is 1.78. The molecule has 0 radical (unpaired) electrons. The lowest BCUT2D eigenvalue weighted by Crippen LogP contribution is -2.17. The van der Waals surface area contributed by atoms with Crippen molar-refractivity contribution in [2.45, 2.75) is 33.6 Å². The summed E-state index contributed by atoms with van der Waals surface area (Å²) in [6, 6.07) is 18.1. The first-order valence-electron chi connectivity index (χ1n) is 9.70. The number of carbonyl (C=O) groups excluding carboxylic acids is 1. The van der Waals surface area contributed by atoms with Crippen LogP contribution in [-0.4, -0.2) is 17.1 Å². The molecule has 1 amide bonds. The van der Waals surface area contributed by atoms with Gasteiger partial charge < -0.3 is 5.32 Å². The van der Waals surface area contributed by atoms with Gasteiger partial charge in [0.25, 0.3) is 0 Å². The summed E-state index contributed by atoms with van der Waals surface area (Å²) in [6.07, 6.45) is 1.76. The van der Waals surface area contributed by atoms with E-state index in [1.807, 2.05) is 56.3 Å². The maximum absolute atomic E-state index is 12.2. The molecular weight excluding hydrogens is 380 g/mol. The molecule has 2 aromatic carbocycles. The predicted octanol–water partition coefficient (Wildman–Crippen LogP) is 5.97. The molecular formula is C23H26N4OS. The van der Waals surface area contributed by atoms with Crippen LogP contribution in [0.1, 0.15) is 44.7 Å². The molecule has 3 aromatic rings. The molecule has 0 spiro atoms. The first-order valence-corrected chi connectivity index (χ1v) is 10.5. The maximum atomic E-state index is 12.2. The lowest BCUT2D eigenvalue weighted by atomic mass is 10.0. The van der Waals surface area contributed by atoms with Crippen LogP contribution in [0.5, 0.6) is 0 Å². The minimum absolute atomic E-state index is 0.0360. The number of aromatic nitrogens is 1. The highest BCUT2D eigenvalue weighted by Gasteiger charge is 2.16. The van der Waals surface area contributed by atoms with Gasteiger partial charge in [0.05, 0.1) is 6.21 Å². The third kappa shape index (κ3) is 5.51. The van der Waals surface area contributed by atoms with Crippen molar-refractivity contribution >= 4 is 33.6 Å². The molecule has 0 fully saturated rings. The summed E-state index contributed by atoms with van der Waals surface area (Å²) >= 11 is 1.37. The number of thiazole rings is 1. The minimum Gasteiger partial charge on any atom is -0.316 e. The average Bonchev–Trinajstić information content (AvgIpc) is 3.11. The summed E-state index contributed by atoms with van der Waals surface area (Å²) in [6.45, 7) is 8.08. The Labute approximate surface area is 175 Å². The van der Waals surface area contributed by atoms with Gasteiger partial charge >= 0.3 is 0 Å². The van der Waals surface area contributed by atoms with Crippen molar-refractivity contribution in [3.05, 3.63) is 65.7 Å². The van der Waals surface area contributed by atoms with Crippen LogP contribution in [0.3, 0.4) is 0 Å². The third-order valence-corrected chi connectivity index (χ3v) is 5.29. The number of hydrogen-bond donors (Lipinski definition) is 2. The molecule has 1 aromatic heterocycles. The van der Waals surface area contributed by atoms with Crippen molar-refractivity contribution < 1.29 is 4.79 Å². The van der Waals surface area contributed by atoms with Gasteiger partial charge in [0.15, 0.2) is 0 Å². The molecule has 0 bridgehead atoms. The lowest BCUT2D eigenvalue weighted by Gasteiger charge is -2.07. The van der Waals surface area contributed by atoms with Crippen molar-refractivity contribution in [2.24, 2.45) is 11.0 Å². The van der Waals surface area contributed by atoms with Crippen LogP contribution in [0.15, 0.2) is 59.7 Å². The van der Waals surface area contributed by atoms with Gasteiger partial charge in [0.1, 0.15) is 10.7 Å². The van der Waals surface area contributed by atoms with Gasteiger partial charge in [0, 0.05) is 11.5 Å². The van der Waals surface area contributed by atoms with Gasteiger partial charge in [0.2, 0.25) is 11.0 Å². The number of amides is 1. The van der Waals surface area contributed by atoms with E-state index in [-0.39, 0.29) is 11.8 Å². The molecule has 0 unspecified atom stereocenters. The highest BCUT2D eigenvalue weighted by Crippen LogP contribution is 2.36. The number of carbonyl (C=O) groups is 1. The van der Waals surface area contributed by atoms with Gasteiger partial charge in [-0.05, 0) is 17.0 Å². The summed E-state index contributed by atoms with van der Waals surface area (Å²) in [7, 11) is 0. The standard InChI is InChI=1S/C23H26N4OS/c1-15(2)18-12-10-17(11-13-18)14-24-27-23-25-20(19-8-6-5-7-9-19)22(29-23)26-21(28)16(3)4/h5-16H,1-4H3,(H,25,27)(H,26,28)/b24-14-. The topological polar surface area (TPSA) is 66.4 Å². The molecule has 0 saturated carbocycles. The highest BCUT2D eigenvalue weighted by molar-refractivity contribution is 7.20. The molecule has 29 heavy (non-hydrogen) atoms. The van der Waals surface area contributed by atoms with Crippen molar-refractivity contribution in [1.29, 1.82) is 0 Å². The van der Waals surface area contributed by atoms with Crippen molar-refractivity contribution in [3.8, 4) is 11.3 Å². The zero-order valence-corrected chi connectivity index (χ0v) is 18.0. The zero-order chi connectivity index (χ0) is 20.8. The quantitative estimate of drug-likeness (QED) is 0.375. The van der Waals surface area contributed by atoms with Gasteiger partial charge in [-0.3, -0.25) is 10.2 Å². The second-order valence-corrected chi connectivity index (χ2v) is 8.40. The number of nitrogens with one attached hydrogen (secondary N) is 2. The van der Waals surface area contributed by atoms with Crippen LogP contribution in [0.2, 0.25) is 0 Å². The maximum Gasteiger partial charge on any atom is 0.227 e. The Morgan fingerprint density at radius 1 is 1.03 bits per heavy atom. The van der Waals surface area contributed by atoms with Gasteiger partial charge in [-0.15, -0.1) is 0 Å². The molecule has 150 valence electrons. The van der Waals surface area contributed by atoms with E-state index in [0.29, 0.717) is 16.1 Å². The Hall–Kier alpha value is -2.99. The van der Waals surface area contributed by atoms with E-state index in [9.17, 15) is 4.79 Å². The average molecular weight is 407 g/mol. The fourth-order valence-corrected chi connectivity index (χ4v) is 3.47. The number of rotatable bonds is 7. The van der Waals surface area contributed by atoms with Crippen LogP contribution >= 0.6 is 11.3 Å². The van der Waals surface area contributed by atoms with Gasteiger partial charge in [-0.2, -0.15) is 5.10 Å². The van der Waals surface area contributed by atoms with E-state index in [0.717, 1.165) is 16.8 Å². The molecule has 5 nitrogen and oxygen atoms in total. The Morgan fingerprint density at radius 3 is 2.34 bits per heavy atom. The SMILES string of the molecule is CC(C)C(=O)Nc1sc(N/N=C\c2ccc(C(C)C)cc2)nc1-c1ccccc1. The largest absolute Gasteiger partial charge is 0.316 e. The zero-order valence-electron chi connectivity index (χ0n) is 17.1. The minimum atomic E-state index is -0.107. The molecule has 0 saturated heterocycles. The van der Waals surface area contributed by atoms with E-state index >= 15 is 0 Å². The van der Waals surface area contributed by atoms with E-state index < -0.39 is 0 Å². The molecule has 1 heterocycles. The lowest BCUT2D eigenvalue weighted by molar-refractivity contribution is -0.118. The van der Waals surface area contributed by atoms with Crippen LogP contribution in [-0.2, 0) is 4.79 Å². The molecule has 0 aliphatic rings. The van der Waals surface area contributed by atoms with Gasteiger partial charge in [-0.25, -0.2) is 4.98 Å². The second kappa shape index (κ2) is 9.47. The Bertz CT molecular complexity index is 976. The normalized spacial score (nSPS) is 11.4. The predicted molar refractivity (Wildman–Crippen MR) is 123 cm³/mol. The highest BCUT2D eigenvalue weighted by atomic mass is 32.1. The monoisotopic (exact) mass is 406 g/mol. The van der Waals surface area contributed by atoms with Gasteiger partial charge in [-0.1, -0.05) is 93.6 Å². The fourth-order valence-electron chi connectivity index (χ4n) is 2.63. The summed E-state index contributed by atoms with van der Waals surface area (Å²) < 4.78 is 0. The number of hydrogen-bond acceptors (Lipinski definition) is 5. The first kappa shape index (κ1) is 20.7. The van der Waals surface area contributed by atoms with Crippen molar-refractivity contribution in [1.82, 2.24) is 4.98 Å². The first-order chi connectivity index (χ1) is 13.9. The molecule has 2 N–H and O–H groups in total. The number of benzene rings is 2. The molecule has 6 heteroatoms. The van der Waals surface area contributed by atoms with Crippen LogP contribution in [0, 0.1) is 5.92 Å². The van der Waals surface area contributed by atoms with Crippen molar-refractivity contribution in [2.75, 3.05) is 10.7 Å². The van der Waals surface area contributed by atoms with E-state index in [1.165, 1.54) is 16.9 Å². The van der Waals surface area contributed by atoms with Crippen LogP contribution in [0.25, 0.3) is 11.3 Å². The Morgan fingerprint density at radius 2 is 1.72 bits per heavy atom. The molecule has 3 rings (SSSR count). The number of hydrazone groups is 1. The Kier molecular flexibility index (Phi) is 6.77. The molecule has 0 atom stereocenters. The van der Waals surface area contributed by atoms with E-state index in [1.54, 1.807) is 6.21 Å². The summed E-state index contributed by atoms with van der Waals surface area (Å²) in [5.41, 5.74) is 6.99. The molecule has 0 aliphatic heterocycles. The summed E-state index contributed by atoms with van der Waals surface area (Å²) in [4.78, 5) is 16.8. The van der Waals surface area contributed by atoms with Crippen molar-refractivity contribution in [3.63, 3.8) is 0 Å². The van der Waals surface area contributed by atoms with Crippen LogP contribution in [0.4, 0.5) is 10.1 Å². The summed E-state index contributed by atoms with van der Waals surface area (Å²) in [5, 5.41) is 8.63. The number of anilines is 2. The van der Waals surface area contributed by atoms with Crippen LogP contribution < -0.4 is 10.7 Å². The second-order valence-electron chi connectivity index (χ2n) is 7.40. The smallest absolute Gasteiger partial charge is 0.227 e. The van der Waals surface area contributed by atoms with E-state index in [4.69, 9.17) is 0 Å². The number of nitrogens with zero attached hydrogens (tertiary/aromatic N) is 2. The summed E-state index contributed by atoms with van der Waals surface area (Å²) in [5.74, 6) is 0.361. The molecule has 0 aliphatic carbocycles. The fraction of sp³-hybridized carbons (Fsp3) is 0.261. The third-order valence-electron chi connectivity index (χ3n) is 4.41.